The van der Waals surface area contributed by atoms with Gasteiger partial charge in [0.15, 0.2) is 11.4 Å². The molecule has 1 aromatic rings. The number of phenolic OH excluding ortho intramolecular Hbond substituents is 1. The lowest BCUT2D eigenvalue weighted by Crippen LogP contribution is -2.65. The molecule has 1 amide bonds. The summed E-state index contributed by atoms with van der Waals surface area (Å²) < 4.78 is 0. The van der Waals surface area contributed by atoms with Crippen LogP contribution in [0.3, 0.4) is 0 Å². The maximum absolute atomic E-state index is 13.7. The summed E-state index contributed by atoms with van der Waals surface area (Å²) in [5.41, 5.74) is 6.29. The number of nitrogens with zero attached hydrogens (tertiary/aromatic N) is 3. The zero-order valence-corrected chi connectivity index (χ0v) is 22.5. The predicted octanol–water partition coefficient (Wildman–Crippen LogP) is -1.33. The van der Waals surface area contributed by atoms with Gasteiger partial charge in [-0.25, -0.2) is 0 Å². The second-order valence-electron chi connectivity index (χ2n) is 10.0. The maximum Gasteiger partial charge on any atom is 0.255 e. The molecular formula is C24H34N6O10. The first kappa shape index (κ1) is 30.9. The van der Waals surface area contributed by atoms with Crippen molar-refractivity contribution >= 4 is 28.9 Å². The van der Waals surface area contributed by atoms with Crippen LogP contribution in [0, 0.1) is 11.8 Å². The molecule has 0 aliphatic heterocycles. The number of aliphatic hydroxyl groups is 3. The summed E-state index contributed by atoms with van der Waals surface area (Å²) in [6.45, 7) is 0. The Morgan fingerprint density at radius 1 is 1.15 bits per heavy atom. The van der Waals surface area contributed by atoms with Crippen molar-refractivity contribution in [3.05, 3.63) is 40.2 Å². The monoisotopic (exact) mass is 566 g/mol. The minimum Gasteiger partial charge on any atom is -0.508 e. The number of carbonyl (C=O) groups excluding carboxylic acids is 3. The summed E-state index contributed by atoms with van der Waals surface area (Å²) in [5.74, 6) is -6.54. The maximum atomic E-state index is 13.7. The van der Waals surface area contributed by atoms with Crippen LogP contribution in [0.1, 0.15) is 17.5 Å². The van der Waals surface area contributed by atoms with Gasteiger partial charge in [-0.1, -0.05) is 11.2 Å². The van der Waals surface area contributed by atoms with Crippen molar-refractivity contribution in [3.8, 4) is 5.75 Å². The molecule has 1 saturated carbocycles. The third kappa shape index (κ3) is 4.91. The van der Waals surface area contributed by atoms with E-state index in [-0.39, 0.29) is 35.0 Å². The highest BCUT2D eigenvalue weighted by molar-refractivity contribution is 6.24. The lowest BCUT2D eigenvalue weighted by atomic mass is 9.57. The Labute approximate surface area is 228 Å². The Morgan fingerprint density at radius 3 is 2.25 bits per heavy atom. The fraction of sp³-hybridized carbons (Fsp3) is 0.458. The number of nitrogens with one attached hydrogen (secondary N) is 2. The Kier molecular flexibility index (Phi) is 8.87. The number of aromatic hydroxyl groups is 1. The molecule has 3 aliphatic carbocycles. The number of hydrogen-bond acceptors (Lipinski definition) is 15. The number of likely N-dealkylation sites (N-methyl/N-ethyl adjacent to an activating group) is 1. The largest absolute Gasteiger partial charge is 0.508 e. The third-order valence-electron chi connectivity index (χ3n) is 7.33. The number of nitrogens with two attached hydrogens (primary N) is 1. The van der Waals surface area contributed by atoms with Crippen LogP contribution in [-0.4, -0.2) is 105 Å². The number of hydrogen-bond donors (Lipinski definition) is 9. The molecule has 1 fully saturated rings. The number of carbonyl (C=O) groups is 3. The summed E-state index contributed by atoms with van der Waals surface area (Å²) >= 11 is 0. The van der Waals surface area contributed by atoms with Gasteiger partial charge in [-0.3, -0.25) is 34.5 Å². The number of aliphatic hydroxyl groups excluding tert-OH is 2. The number of rotatable bonds is 6. The number of amides is 1. The molecule has 0 heterocycles. The summed E-state index contributed by atoms with van der Waals surface area (Å²) in [4.78, 5) is 46.1. The lowest BCUT2D eigenvalue weighted by Gasteiger charge is -2.50. The van der Waals surface area contributed by atoms with Gasteiger partial charge in [0.25, 0.3) is 5.91 Å². The quantitative estimate of drug-likeness (QED) is 0.143. The standard InChI is InChI=1S/C23H27N3O7.CH7N3O3/c1-25(2)12-5-6-13(27)15-10(12)7-9-8-11-17(26(3)4)19(29)16(22(24)32)21(31)23(11,33)20(30)14(9)18(15)28;1-7-3-4(6)2-5/h5-6,9,11,17,27-28,31,33H,7-8H2,1-4H3,(H2,24,32);2-3,5-6H,1H3/t9-,11-,17-,23-;/m0./s1. The molecule has 3 aliphatic rings. The Balaban J connectivity index is 0.000000559. The molecule has 0 bridgehead atoms. The van der Waals surface area contributed by atoms with E-state index in [2.05, 4.69) is 4.84 Å². The molecule has 0 unspecified atom stereocenters. The van der Waals surface area contributed by atoms with Crippen molar-refractivity contribution in [1.29, 1.82) is 0 Å². The van der Waals surface area contributed by atoms with Gasteiger partial charge >= 0.3 is 0 Å². The van der Waals surface area contributed by atoms with Crippen molar-refractivity contribution in [2.45, 2.75) is 24.5 Å². The summed E-state index contributed by atoms with van der Waals surface area (Å²) in [6.07, 6.45) is 0.324. The Hall–Kier alpha value is -3.61. The van der Waals surface area contributed by atoms with Crippen LogP contribution in [0.25, 0.3) is 5.76 Å². The number of fused-ring (bicyclic) bond motifs is 3. The molecule has 0 radical (unpaired) electrons. The van der Waals surface area contributed by atoms with Gasteiger partial charge in [0, 0.05) is 31.3 Å². The lowest BCUT2D eigenvalue weighted by molar-refractivity contribution is -0.310. The Bertz CT molecular complexity index is 1280. The zero-order chi connectivity index (χ0) is 30.3. The summed E-state index contributed by atoms with van der Waals surface area (Å²) in [5, 5.41) is 59.9. The van der Waals surface area contributed by atoms with E-state index in [1.54, 1.807) is 20.2 Å². The van der Waals surface area contributed by atoms with E-state index in [4.69, 9.17) is 16.1 Å². The third-order valence-corrected chi connectivity index (χ3v) is 7.33. The predicted molar refractivity (Wildman–Crippen MR) is 137 cm³/mol. The van der Waals surface area contributed by atoms with E-state index < -0.39 is 58.0 Å². The minimum absolute atomic E-state index is 0.0638. The fourth-order valence-electron chi connectivity index (χ4n) is 5.75. The highest BCUT2D eigenvalue weighted by Gasteiger charge is 2.64. The highest BCUT2D eigenvalue weighted by atomic mass is 16.8. The van der Waals surface area contributed by atoms with Crippen molar-refractivity contribution in [3.63, 3.8) is 0 Å². The van der Waals surface area contributed by atoms with E-state index in [1.807, 2.05) is 24.6 Å². The Morgan fingerprint density at radius 2 is 1.77 bits per heavy atom. The molecule has 1 aromatic carbocycles. The first-order valence-corrected chi connectivity index (χ1v) is 12.0. The minimum atomic E-state index is -2.63. The number of hydrazine groups is 2. The zero-order valence-electron chi connectivity index (χ0n) is 22.5. The van der Waals surface area contributed by atoms with E-state index in [0.29, 0.717) is 5.56 Å². The van der Waals surface area contributed by atoms with Gasteiger partial charge < -0.3 is 31.1 Å². The van der Waals surface area contributed by atoms with E-state index in [9.17, 15) is 34.8 Å². The number of ketones is 2. The molecule has 0 aromatic heterocycles. The van der Waals surface area contributed by atoms with Crippen LogP contribution in [0.5, 0.6) is 5.75 Å². The van der Waals surface area contributed by atoms with Crippen molar-refractivity contribution in [2.24, 2.45) is 17.6 Å². The molecule has 16 heteroatoms. The van der Waals surface area contributed by atoms with Crippen molar-refractivity contribution < 1.29 is 50.1 Å². The first-order chi connectivity index (χ1) is 18.6. The molecule has 220 valence electrons. The number of benzene rings is 1. The smallest absolute Gasteiger partial charge is 0.255 e. The number of Topliss-reactive ketones (excluding diaryl/α,β-unsaturated/α-hetero) is 2. The van der Waals surface area contributed by atoms with Crippen LogP contribution in [0.15, 0.2) is 29.0 Å². The molecule has 40 heavy (non-hydrogen) atoms. The molecule has 16 nitrogen and oxygen atoms in total. The van der Waals surface area contributed by atoms with E-state index >= 15 is 0 Å². The van der Waals surface area contributed by atoms with Gasteiger partial charge in [0.2, 0.25) is 5.78 Å². The topological polar surface area (TPSA) is 242 Å². The second kappa shape index (κ2) is 11.5. The number of phenols is 1. The average molecular weight is 567 g/mol. The molecule has 10 N–H and O–H groups in total. The van der Waals surface area contributed by atoms with Crippen LogP contribution in [0.4, 0.5) is 5.69 Å². The number of primary amides is 1. The highest BCUT2D eigenvalue weighted by Crippen LogP contribution is 2.53. The first-order valence-electron chi connectivity index (χ1n) is 12.0. The van der Waals surface area contributed by atoms with Crippen LogP contribution in [-0.2, 0) is 25.6 Å². The van der Waals surface area contributed by atoms with Gasteiger partial charge in [-0.2, -0.15) is 0 Å². The van der Waals surface area contributed by atoms with Gasteiger partial charge in [-0.05, 0) is 55.8 Å². The van der Waals surface area contributed by atoms with Crippen LogP contribution in [0.2, 0.25) is 0 Å². The molecule has 4 atom stereocenters. The molecule has 4 rings (SSSR count). The van der Waals surface area contributed by atoms with Gasteiger partial charge in [0.05, 0.1) is 18.7 Å². The summed E-state index contributed by atoms with van der Waals surface area (Å²) in [6, 6.07) is 2.01. The molecular weight excluding hydrogens is 532 g/mol. The normalized spacial score (nSPS) is 25.8. The van der Waals surface area contributed by atoms with Crippen LogP contribution < -0.4 is 21.8 Å². The molecule has 0 saturated heterocycles. The SMILES string of the molecule is CN(C)c1ccc(O)c2c1C[C@H]1C[C@H]3[C@H](N(C)C)C(=O)C(C(N)=O)=C(O)[C@@]3(O)C(=O)C1=C2O.CONN(O)NO. The fourth-order valence-corrected chi connectivity index (χ4v) is 5.75. The molecule has 0 spiro atoms. The van der Waals surface area contributed by atoms with E-state index in [1.165, 1.54) is 23.7 Å². The second-order valence-corrected chi connectivity index (χ2v) is 10.0. The average Bonchev–Trinajstić information content (AvgIpc) is 2.86. The van der Waals surface area contributed by atoms with Crippen LogP contribution >= 0.6 is 0 Å². The number of anilines is 1. The van der Waals surface area contributed by atoms with E-state index in [0.717, 1.165) is 5.69 Å². The van der Waals surface area contributed by atoms with Crippen molar-refractivity contribution in [1.82, 2.24) is 21.4 Å². The van der Waals surface area contributed by atoms with Crippen molar-refractivity contribution in [2.75, 3.05) is 40.2 Å². The van der Waals surface area contributed by atoms with Gasteiger partial charge in [0.1, 0.15) is 22.8 Å². The van der Waals surface area contributed by atoms with Gasteiger partial charge in [-0.15, -0.1) is 0 Å². The summed E-state index contributed by atoms with van der Waals surface area (Å²) in [7, 11) is 8.03.